The molecule has 3 aromatic carbocycles. The fraction of sp³-hybridized carbons (Fsp3) is 0.192. The lowest BCUT2D eigenvalue weighted by Gasteiger charge is -2.24. The van der Waals surface area contributed by atoms with Gasteiger partial charge in [-0.25, -0.2) is 4.98 Å². The Balaban J connectivity index is 1.28. The van der Waals surface area contributed by atoms with Crippen molar-refractivity contribution in [1.82, 2.24) is 4.98 Å². The quantitative estimate of drug-likeness (QED) is 0.249. The van der Waals surface area contributed by atoms with Crippen LogP contribution in [0.1, 0.15) is 29.6 Å². The van der Waals surface area contributed by atoms with Gasteiger partial charge in [0.1, 0.15) is 5.69 Å². The summed E-state index contributed by atoms with van der Waals surface area (Å²) in [5.74, 6) is -2.02. The molecule has 0 unspecified atom stereocenters. The second kappa shape index (κ2) is 9.55. The number of carbonyl (C=O) groups excluding carboxylic acids is 1. The van der Waals surface area contributed by atoms with E-state index in [9.17, 15) is 25.1 Å². The van der Waals surface area contributed by atoms with E-state index in [0.717, 1.165) is 27.9 Å². The summed E-state index contributed by atoms with van der Waals surface area (Å²) in [5.41, 5.74) is 4.13. The van der Waals surface area contributed by atoms with Crippen molar-refractivity contribution >= 4 is 49.8 Å². The largest absolute Gasteiger partial charge is 0.628 e. The molecule has 3 N–H and O–H groups in total. The normalized spacial score (nSPS) is 17.7. The van der Waals surface area contributed by atoms with Gasteiger partial charge in [-0.2, -0.15) is 0 Å². The van der Waals surface area contributed by atoms with Gasteiger partial charge >= 0.3 is 5.97 Å². The monoisotopic (exact) mass is 488 g/mol. The Morgan fingerprint density at radius 2 is 1.60 bits per heavy atom. The molecule has 1 aliphatic carbocycles. The van der Waals surface area contributed by atoms with Crippen molar-refractivity contribution in [3.8, 4) is 11.1 Å². The number of rotatable bonds is 7. The molecule has 0 bridgehead atoms. The highest BCUT2D eigenvalue weighted by Crippen LogP contribution is 2.35. The summed E-state index contributed by atoms with van der Waals surface area (Å²) >= 11 is 1.36. The number of anilines is 2. The highest BCUT2D eigenvalue weighted by atomic mass is 32.1. The van der Waals surface area contributed by atoms with Crippen molar-refractivity contribution in [1.29, 1.82) is 0 Å². The van der Waals surface area contributed by atoms with Gasteiger partial charge in [0, 0.05) is 29.3 Å². The third-order valence-corrected chi connectivity index (χ3v) is 7.37. The molecular weight excluding hydrogens is 466 g/mol. The zero-order chi connectivity index (χ0) is 24.5. The second-order valence-electron chi connectivity index (χ2n) is 8.62. The van der Waals surface area contributed by atoms with E-state index in [2.05, 4.69) is 10.3 Å². The number of aromatic nitrogens is 1. The minimum Gasteiger partial charge on any atom is -0.628 e. The molecule has 1 saturated carbocycles. The van der Waals surface area contributed by atoms with Crippen molar-refractivity contribution in [2.75, 3.05) is 5.32 Å². The molecule has 35 heavy (non-hydrogen) atoms. The summed E-state index contributed by atoms with van der Waals surface area (Å²) < 4.78 is 0.757. The van der Waals surface area contributed by atoms with Gasteiger partial charge in [-0.3, -0.25) is 9.59 Å². The smallest absolute Gasteiger partial charge is 0.307 e. The Hall–Kier alpha value is -3.63. The van der Waals surface area contributed by atoms with E-state index in [1.165, 1.54) is 17.4 Å². The fourth-order valence-electron chi connectivity index (χ4n) is 4.59. The molecule has 1 aromatic heterocycles. The van der Waals surface area contributed by atoms with E-state index in [4.69, 9.17) is 0 Å². The highest BCUT2D eigenvalue weighted by molar-refractivity contribution is 7.22. The van der Waals surface area contributed by atoms with E-state index in [-0.39, 0.29) is 11.5 Å². The predicted molar refractivity (Wildman–Crippen MR) is 135 cm³/mol. The lowest BCUT2D eigenvalue weighted by Crippen LogP contribution is -2.96. The molecule has 1 heterocycles. The maximum absolute atomic E-state index is 12.8. The number of nitrogens with one attached hydrogen (secondary N) is 2. The Bertz CT molecular complexity index is 1380. The van der Waals surface area contributed by atoms with Gasteiger partial charge in [0.2, 0.25) is 0 Å². The third-order valence-electron chi connectivity index (χ3n) is 6.43. The average molecular weight is 489 g/mol. The van der Waals surface area contributed by atoms with Gasteiger partial charge in [-0.1, -0.05) is 54.2 Å². The van der Waals surface area contributed by atoms with Crippen molar-refractivity contribution < 1.29 is 19.9 Å². The first kappa shape index (κ1) is 23.1. The summed E-state index contributed by atoms with van der Waals surface area (Å²) in [6, 6.07) is 19.7. The van der Waals surface area contributed by atoms with Crippen molar-refractivity contribution in [2.45, 2.75) is 19.3 Å². The van der Waals surface area contributed by atoms with Crippen LogP contribution in [0.25, 0.3) is 21.3 Å². The van der Waals surface area contributed by atoms with Crippen LogP contribution in [0.15, 0.2) is 66.7 Å². The molecule has 5 rings (SSSR count). The van der Waals surface area contributed by atoms with Crippen LogP contribution in [-0.2, 0) is 4.79 Å². The van der Waals surface area contributed by atoms with Crippen LogP contribution in [-0.4, -0.2) is 21.8 Å². The molecule has 0 aliphatic heterocycles. The van der Waals surface area contributed by atoms with Gasteiger partial charge in [0.15, 0.2) is 10.9 Å². The number of carboxylic acid groups (broad SMARTS) is 1. The number of aliphatic carboxylic acids is 1. The van der Waals surface area contributed by atoms with Crippen LogP contribution in [0.4, 0.5) is 16.5 Å². The zero-order valence-electron chi connectivity index (χ0n) is 18.6. The number of nitrogens with zero attached hydrogens (tertiary/aromatic N) is 1. The maximum atomic E-state index is 12.8. The van der Waals surface area contributed by atoms with Crippen LogP contribution in [0.2, 0.25) is 0 Å². The topological polar surface area (TPSA) is 130 Å². The molecule has 0 amide bonds. The Morgan fingerprint density at radius 1 is 0.943 bits per heavy atom. The van der Waals surface area contributed by atoms with E-state index < -0.39 is 23.0 Å². The fourth-order valence-corrected chi connectivity index (χ4v) is 5.51. The zero-order valence-corrected chi connectivity index (χ0v) is 19.4. The summed E-state index contributed by atoms with van der Waals surface area (Å²) in [4.78, 5) is 28.8. The van der Waals surface area contributed by atoms with E-state index in [1.54, 1.807) is 24.3 Å². The number of Topliss-reactive ketones (excluding diaryl/α,β-unsaturated/α-hetero) is 1. The minimum atomic E-state index is -1.22. The Kier molecular flexibility index (Phi) is 6.31. The van der Waals surface area contributed by atoms with E-state index in [1.807, 2.05) is 36.4 Å². The number of thiazole rings is 1. The highest BCUT2D eigenvalue weighted by Gasteiger charge is 2.37. The molecule has 1 fully saturated rings. The molecule has 1 aliphatic rings. The van der Waals surface area contributed by atoms with Crippen LogP contribution in [0.5, 0.6) is 0 Å². The van der Waals surface area contributed by atoms with E-state index in [0.29, 0.717) is 29.1 Å². The van der Waals surface area contributed by atoms with Gasteiger partial charge in [0.25, 0.3) is 0 Å². The molecule has 0 saturated heterocycles. The van der Waals surface area contributed by atoms with Crippen LogP contribution < -0.4 is 10.5 Å². The average Bonchev–Trinajstić information content (AvgIpc) is 3.51. The third kappa shape index (κ3) is 4.80. The lowest BCUT2D eigenvalue weighted by atomic mass is 9.88. The summed E-state index contributed by atoms with van der Waals surface area (Å²) in [5, 5.41) is 34.2. The second-order valence-corrected chi connectivity index (χ2v) is 9.65. The minimum absolute atomic E-state index is 0.0939. The van der Waals surface area contributed by atoms with Crippen molar-refractivity contribution in [3.63, 3.8) is 0 Å². The SMILES string of the molecule is O=C(O)[C@@H]1CCC[C@H]1C(=O)c1ccc(-c2ccc(Nc3nc4ccc([NH+]([O-])[O-])cc4s3)cc2)cc1. The molecule has 0 spiro atoms. The standard InChI is InChI=1S/C26H22N3O5S/c30-24(20-2-1-3-21(20)25(31)32)17-6-4-15(5-7-17)16-8-10-18(11-9-16)27-26-28-22-13-12-19(29(33)34)14-23(22)35-26/h4-14,20-21,29H,1-3H2,(H,27,28)(H,31,32)/q-1/t20-,21-/m1/s1. The predicted octanol–water partition coefficient (Wildman–Crippen LogP) is 4.90. The first-order chi connectivity index (χ1) is 16.9. The van der Waals surface area contributed by atoms with Crippen molar-refractivity contribution in [2.24, 2.45) is 11.8 Å². The Morgan fingerprint density at radius 3 is 2.26 bits per heavy atom. The first-order valence-electron chi connectivity index (χ1n) is 11.3. The van der Waals surface area contributed by atoms with Gasteiger partial charge in [0.05, 0.1) is 16.1 Å². The summed E-state index contributed by atoms with van der Waals surface area (Å²) in [6.45, 7) is 0. The number of quaternary nitrogens is 1. The molecule has 2 atom stereocenters. The summed E-state index contributed by atoms with van der Waals surface area (Å²) in [7, 11) is 0. The first-order valence-corrected chi connectivity index (χ1v) is 12.1. The molecule has 8 nitrogen and oxygen atoms in total. The Labute approximate surface area is 205 Å². The number of carboxylic acids is 1. The van der Waals surface area contributed by atoms with Gasteiger partial charge in [-0.05, 0) is 42.2 Å². The van der Waals surface area contributed by atoms with Gasteiger partial charge in [-0.15, -0.1) is 0 Å². The molecule has 0 radical (unpaired) electrons. The number of fused-ring (bicyclic) bond motifs is 1. The molecular formula is C26H22N3O5S-. The van der Waals surface area contributed by atoms with Gasteiger partial charge < -0.3 is 26.1 Å². The number of ketones is 1. The van der Waals surface area contributed by atoms with E-state index >= 15 is 0 Å². The number of carbonyl (C=O) groups is 2. The lowest BCUT2D eigenvalue weighted by molar-refractivity contribution is -0.715. The number of hydrogen-bond donors (Lipinski definition) is 3. The summed E-state index contributed by atoms with van der Waals surface area (Å²) in [6.07, 6.45) is 1.95. The molecule has 178 valence electrons. The maximum Gasteiger partial charge on any atom is 0.307 e. The van der Waals surface area contributed by atoms with Crippen LogP contribution in [0, 0.1) is 22.3 Å². The van der Waals surface area contributed by atoms with Crippen molar-refractivity contribution in [3.05, 3.63) is 82.7 Å². The van der Waals surface area contributed by atoms with Crippen LogP contribution in [0.3, 0.4) is 0 Å². The number of benzene rings is 3. The van der Waals surface area contributed by atoms with Crippen LogP contribution >= 0.6 is 11.3 Å². The molecule has 9 heteroatoms. The molecule has 4 aromatic rings. The number of hydrogen-bond acceptors (Lipinski definition) is 7.